The highest BCUT2D eigenvalue weighted by atomic mass is 16.3. The van der Waals surface area contributed by atoms with Crippen LogP contribution >= 0.6 is 0 Å². The van der Waals surface area contributed by atoms with Gasteiger partial charge in [-0.25, -0.2) is 4.98 Å². The summed E-state index contributed by atoms with van der Waals surface area (Å²) in [7, 11) is 0. The van der Waals surface area contributed by atoms with Crippen molar-refractivity contribution in [3.05, 3.63) is 121 Å². The molecule has 0 atom stereocenters. The second kappa shape index (κ2) is 9.23. The van der Waals surface area contributed by atoms with Gasteiger partial charge in [-0.1, -0.05) is 54.6 Å². The van der Waals surface area contributed by atoms with Crippen LogP contribution in [0.5, 0.6) is 0 Å². The Morgan fingerprint density at radius 1 is 0.667 bits per heavy atom. The summed E-state index contributed by atoms with van der Waals surface area (Å²) in [5.41, 5.74) is 14.6. The number of nitrogens with two attached hydrogens (primary N) is 1. The van der Waals surface area contributed by atoms with Crippen molar-refractivity contribution in [1.82, 2.24) is 4.98 Å². The molecular formula is C34H25N3O2. The Balaban J connectivity index is 1.41. The molecule has 5 heteroatoms. The van der Waals surface area contributed by atoms with E-state index < -0.39 is 0 Å². The summed E-state index contributed by atoms with van der Waals surface area (Å²) in [5.74, 6) is 0.412. The second-order valence-corrected chi connectivity index (χ2v) is 9.45. The van der Waals surface area contributed by atoms with Crippen LogP contribution < -0.4 is 10.6 Å². The van der Waals surface area contributed by atoms with Crippen molar-refractivity contribution in [1.29, 1.82) is 0 Å². The standard InChI is InChI=1S/C34H25N3O2/c1-2-7-28-30-20-25(16-18-31(30)38-33(28)35)37(24-13-11-23(12-14-24)22-8-4-3-5-9-22)26-15-17-27-29-10-6-19-36-34(29)39-32(27)21-26/h2-21H,35H2,1H3/b7-2-. The van der Waals surface area contributed by atoms with Crippen LogP contribution in [-0.2, 0) is 0 Å². The quantitative estimate of drug-likeness (QED) is 0.251. The van der Waals surface area contributed by atoms with Gasteiger partial charge in [-0.3, -0.25) is 0 Å². The fourth-order valence-corrected chi connectivity index (χ4v) is 5.22. The van der Waals surface area contributed by atoms with E-state index in [2.05, 4.69) is 88.7 Å². The average Bonchev–Trinajstić information content (AvgIpc) is 3.50. The molecule has 0 radical (unpaired) electrons. The number of allylic oxidation sites excluding steroid dienone is 1. The van der Waals surface area contributed by atoms with E-state index in [1.807, 2.05) is 43.3 Å². The molecule has 0 bridgehead atoms. The smallest absolute Gasteiger partial charge is 0.227 e. The molecule has 7 rings (SSSR count). The van der Waals surface area contributed by atoms with E-state index in [4.69, 9.17) is 14.6 Å². The van der Waals surface area contributed by atoms with Crippen LogP contribution in [0, 0.1) is 0 Å². The van der Waals surface area contributed by atoms with Crippen molar-refractivity contribution in [2.45, 2.75) is 6.92 Å². The predicted octanol–water partition coefficient (Wildman–Crippen LogP) is 9.48. The third kappa shape index (κ3) is 3.92. The molecule has 5 nitrogen and oxygen atoms in total. The monoisotopic (exact) mass is 507 g/mol. The molecule has 4 aromatic carbocycles. The maximum Gasteiger partial charge on any atom is 0.227 e. The Kier molecular flexibility index (Phi) is 5.41. The number of pyridine rings is 1. The number of nitrogens with zero attached hydrogens (tertiary/aromatic N) is 2. The lowest BCUT2D eigenvalue weighted by Gasteiger charge is -2.25. The van der Waals surface area contributed by atoms with Crippen LogP contribution in [0.25, 0.3) is 50.2 Å². The molecule has 2 N–H and O–H groups in total. The molecule has 0 aliphatic heterocycles. The number of rotatable bonds is 5. The van der Waals surface area contributed by atoms with Gasteiger partial charge < -0.3 is 19.5 Å². The molecule has 3 heterocycles. The first-order valence-corrected chi connectivity index (χ1v) is 12.9. The summed E-state index contributed by atoms with van der Waals surface area (Å²) in [5, 5.41) is 3.00. The van der Waals surface area contributed by atoms with Crippen molar-refractivity contribution in [3.63, 3.8) is 0 Å². The van der Waals surface area contributed by atoms with Gasteiger partial charge in [-0.05, 0) is 72.6 Å². The van der Waals surface area contributed by atoms with Crippen molar-refractivity contribution < 1.29 is 8.83 Å². The molecule has 0 amide bonds. The van der Waals surface area contributed by atoms with Crippen LogP contribution in [0.2, 0.25) is 0 Å². The summed E-state index contributed by atoms with van der Waals surface area (Å²) in [4.78, 5) is 6.62. The van der Waals surface area contributed by atoms with Crippen molar-refractivity contribution in [2.24, 2.45) is 0 Å². The van der Waals surface area contributed by atoms with Gasteiger partial charge in [0.1, 0.15) is 11.2 Å². The van der Waals surface area contributed by atoms with E-state index in [-0.39, 0.29) is 0 Å². The molecule has 0 saturated heterocycles. The highest BCUT2D eigenvalue weighted by Crippen LogP contribution is 2.41. The minimum atomic E-state index is 0.412. The van der Waals surface area contributed by atoms with Crippen LogP contribution in [0.4, 0.5) is 22.9 Å². The first kappa shape index (κ1) is 22.9. The topological polar surface area (TPSA) is 68.4 Å². The van der Waals surface area contributed by atoms with E-state index >= 15 is 0 Å². The minimum Gasteiger partial charge on any atom is -0.440 e. The van der Waals surface area contributed by atoms with E-state index in [0.717, 1.165) is 55.5 Å². The number of hydrogen-bond donors (Lipinski definition) is 1. The van der Waals surface area contributed by atoms with Crippen LogP contribution in [0.1, 0.15) is 12.5 Å². The Hall–Kier alpha value is -5.29. The molecule has 0 fully saturated rings. The number of furan rings is 2. The molecule has 7 aromatic rings. The minimum absolute atomic E-state index is 0.412. The predicted molar refractivity (Wildman–Crippen MR) is 161 cm³/mol. The van der Waals surface area contributed by atoms with E-state index in [9.17, 15) is 0 Å². The summed E-state index contributed by atoms with van der Waals surface area (Å²) < 4.78 is 12.0. The molecule has 188 valence electrons. The zero-order chi connectivity index (χ0) is 26.3. The second-order valence-electron chi connectivity index (χ2n) is 9.45. The van der Waals surface area contributed by atoms with Crippen molar-refractivity contribution >= 4 is 62.1 Å². The fraction of sp³-hybridized carbons (Fsp3) is 0.0294. The zero-order valence-electron chi connectivity index (χ0n) is 21.3. The maximum atomic E-state index is 6.21. The summed E-state index contributed by atoms with van der Waals surface area (Å²) in [6.07, 6.45) is 5.70. The number of hydrogen-bond acceptors (Lipinski definition) is 5. The van der Waals surface area contributed by atoms with Gasteiger partial charge >= 0.3 is 0 Å². The summed E-state index contributed by atoms with van der Waals surface area (Å²) >= 11 is 0. The SMILES string of the molecule is C/C=C\c1c(N)oc2ccc(N(c3ccc(-c4ccccc4)cc3)c3ccc4c(c3)oc3ncccc34)cc12. The normalized spacial score (nSPS) is 11.7. The number of anilines is 4. The van der Waals surface area contributed by atoms with Gasteiger partial charge in [0.15, 0.2) is 5.88 Å². The largest absolute Gasteiger partial charge is 0.440 e. The lowest BCUT2D eigenvalue weighted by molar-refractivity contribution is 0.636. The molecule has 0 aliphatic rings. The Morgan fingerprint density at radius 3 is 2.23 bits per heavy atom. The fourth-order valence-electron chi connectivity index (χ4n) is 5.22. The highest BCUT2D eigenvalue weighted by Gasteiger charge is 2.18. The lowest BCUT2D eigenvalue weighted by Crippen LogP contribution is -2.09. The molecule has 0 saturated carbocycles. The van der Waals surface area contributed by atoms with Crippen LogP contribution in [-0.4, -0.2) is 4.98 Å². The third-order valence-corrected chi connectivity index (χ3v) is 7.05. The molecule has 0 aliphatic carbocycles. The number of aromatic nitrogens is 1. The van der Waals surface area contributed by atoms with Gasteiger partial charge in [0, 0.05) is 51.0 Å². The molecular weight excluding hydrogens is 482 g/mol. The summed E-state index contributed by atoms with van der Waals surface area (Å²) in [6, 6.07) is 35.4. The average molecular weight is 508 g/mol. The van der Waals surface area contributed by atoms with Gasteiger partial charge in [0.25, 0.3) is 0 Å². The number of benzene rings is 4. The van der Waals surface area contributed by atoms with Crippen molar-refractivity contribution in [2.75, 3.05) is 10.6 Å². The molecule has 0 spiro atoms. The van der Waals surface area contributed by atoms with Crippen LogP contribution in [0.3, 0.4) is 0 Å². The third-order valence-electron chi connectivity index (χ3n) is 7.05. The van der Waals surface area contributed by atoms with E-state index in [1.54, 1.807) is 6.20 Å². The van der Waals surface area contributed by atoms with Gasteiger partial charge in [-0.15, -0.1) is 0 Å². The Morgan fingerprint density at radius 2 is 1.41 bits per heavy atom. The van der Waals surface area contributed by atoms with E-state index in [1.165, 1.54) is 5.56 Å². The molecule has 0 unspecified atom stereocenters. The van der Waals surface area contributed by atoms with Gasteiger partial charge in [0.2, 0.25) is 5.71 Å². The Bertz CT molecular complexity index is 1980. The Labute approximate surface area is 225 Å². The van der Waals surface area contributed by atoms with Crippen molar-refractivity contribution in [3.8, 4) is 11.1 Å². The number of fused-ring (bicyclic) bond motifs is 4. The van der Waals surface area contributed by atoms with E-state index in [0.29, 0.717) is 11.6 Å². The van der Waals surface area contributed by atoms with Gasteiger partial charge in [-0.2, -0.15) is 0 Å². The van der Waals surface area contributed by atoms with Gasteiger partial charge in [0.05, 0.1) is 0 Å². The zero-order valence-corrected chi connectivity index (χ0v) is 21.3. The highest BCUT2D eigenvalue weighted by molar-refractivity contribution is 6.05. The first-order valence-electron chi connectivity index (χ1n) is 12.9. The lowest BCUT2D eigenvalue weighted by atomic mass is 10.0. The summed E-state index contributed by atoms with van der Waals surface area (Å²) in [6.45, 7) is 1.97. The van der Waals surface area contributed by atoms with Crippen LogP contribution in [0.15, 0.2) is 124 Å². The number of nitrogen functional groups attached to an aromatic ring is 1. The molecule has 3 aromatic heterocycles. The molecule has 39 heavy (non-hydrogen) atoms. The first-order chi connectivity index (χ1) is 19.2. The maximum absolute atomic E-state index is 6.21.